The Morgan fingerprint density at radius 1 is 1.06 bits per heavy atom. The number of rotatable bonds is 4. The molecule has 0 N–H and O–H groups in total. The summed E-state index contributed by atoms with van der Waals surface area (Å²) in [5.74, 6) is -0.548. The molecule has 0 aliphatic rings. The molecule has 0 fully saturated rings. The molecule has 18 heavy (non-hydrogen) atoms. The summed E-state index contributed by atoms with van der Waals surface area (Å²) < 4.78 is 64.4. The van der Waals surface area contributed by atoms with Gasteiger partial charge in [0.1, 0.15) is 5.75 Å². The zero-order chi connectivity index (χ0) is 13.8. The highest BCUT2D eigenvalue weighted by Crippen LogP contribution is 2.37. The molecule has 0 saturated heterocycles. The molecule has 0 saturated carbocycles. The van der Waals surface area contributed by atoms with E-state index in [1.807, 2.05) is 0 Å². The molecule has 0 bridgehead atoms. The zero-order valence-corrected chi connectivity index (χ0v) is 10.4. The summed E-state index contributed by atoms with van der Waals surface area (Å²) in [7, 11) is 0. The van der Waals surface area contributed by atoms with Gasteiger partial charge in [-0.2, -0.15) is 22.0 Å². The maximum Gasteiger partial charge on any atom is 0.499 e. The molecule has 0 spiro atoms. The highest BCUT2D eigenvalue weighted by atomic mass is 79.9. The Labute approximate surface area is 108 Å². The molecule has 1 rings (SSSR count). The number of halogens is 6. The third-order valence-corrected chi connectivity index (χ3v) is 2.23. The second kappa shape index (κ2) is 5.69. The maximum absolute atomic E-state index is 12.6. The van der Waals surface area contributed by atoms with E-state index in [1.165, 1.54) is 12.1 Å². The Kier molecular flexibility index (Phi) is 4.72. The minimum absolute atomic E-state index is 0.548. The van der Waals surface area contributed by atoms with Crippen LogP contribution in [-0.2, 0) is 0 Å². The summed E-state index contributed by atoms with van der Waals surface area (Å²) in [5.41, 5.74) is 0.664. The highest BCUT2D eigenvalue weighted by molar-refractivity contribution is 9.09. The SMILES string of the molecule is FC(F)(F)C(F)(F)Oc1ccc(C=CCBr)cc1. The van der Waals surface area contributed by atoms with Crippen LogP contribution in [-0.4, -0.2) is 17.6 Å². The fourth-order valence-electron chi connectivity index (χ4n) is 1.03. The second-order valence-corrected chi connectivity index (χ2v) is 3.89. The average Bonchev–Trinajstić information content (AvgIpc) is 2.26. The van der Waals surface area contributed by atoms with E-state index in [1.54, 1.807) is 12.2 Å². The summed E-state index contributed by atoms with van der Waals surface area (Å²) in [6.07, 6.45) is -7.50. The summed E-state index contributed by atoms with van der Waals surface area (Å²) in [6.45, 7) is 0. The van der Waals surface area contributed by atoms with E-state index in [4.69, 9.17) is 0 Å². The Morgan fingerprint density at radius 2 is 1.61 bits per heavy atom. The standard InChI is InChI=1S/C11H8BrF5O/c12-7-1-2-8-3-5-9(6-4-8)18-11(16,17)10(13,14)15/h1-6H,7H2. The first kappa shape index (κ1) is 14.9. The second-order valence-electron chi connectivity index (χ2n) is 3.24. The van der Waals surface area contributed by atoms with Crippen LogP contribution in [0, 0.1) is 0 Å². The Bertz CT molecular complexity index is 410. The van der Waals surface area contributed by atoms with Gasteiger partial charge < -0.3 is 4.74 Å². The molecule has 0 aliphatic heterocycles. The summed E-state index contributed by atoms with van der Waals surface area (Å²) in [4.78, 5) is 0. The summed E-state index contributed by atoms with van der Waals surface area (Å²) >= 11 is 3.15. The molecule has 0 radical (unpaired) electrons. The van der Waals surface area contributed by atoms with Gasteiger partial charge in [0.25, 0.3) is 0 Å². The number of allylic oxidation sites excluding steroid dienone is 1. The predicted octanol–water partition coefficient (Wildman–Crippen LogP) is 4.63. The first-order valence-electron chi connectivity index (χ1n) is 4.72. The Hall–Kier alpha value is -1.11. The van der Waals surface area contributed by atoms with Gasteiger partial charge in [0.05, 0.1) is 0 Å². The number of benzene rings is 1. The normalized spacial score (nSPS) is 13.0. The molecule has 1 nitrogen and oxygen atoms in total. The van der Waals surface area contributed by atoms with Gasteiger partial charge in [0, 0.05) is 5.33 Å². The lowest BCUT2D eigenvalue weighted by Crippen LogP contribution is -2.41. The van der Waals surface area contributed by atoms with E-state index >= 15 is 0 Å². The maximum atomic E-state index is 12.6. The fraction of sp³-hybridized carbons (Fsp3) is 0.273. The first-order valence-corrected chi connectivity index (χ1v) is 5.84. The molecule has 100 valence electrons. The van der Waals surface area contributed by atoms with Gasteiger partial charge in [-0.25, -0.2) is 0 Å². The summed E-state index contributed by atoms with van der Waals surface area (Å²) in [6, 6.07) is 4.85. The number of ether oxygens (including phenoxy) is 1. The molecule has 1 aromatic rings. The molecular weight excluding hydrogens is 323 g/mol. The van der Waals surface area contributed by atoms with Crippen LogP contribution in [0.3, 0.4) is 0 Å². The van der Waals surface area contributed by atoms with Gasteiger partial charge >= 0.3 is 12.3 Å². The first-order chi connectivity index (χ1) is 8.26. The smallest absolute Gasteiger partial charge is 0.426 e. The molecule has 0 aromatic heterocycles. The van der Waals surface area contributed by atoms with Crippen LogP contribution in [0.5, 0.6) is 5.75 Å². The molecule has 0 atom stereocenters. The van der Waals surface area contributed by atoms with Crippen LogP contribution >= 0.6 is 15.9 Å². The molecule has 1 aromatic carbocycles. The Morgan fingerprint density at radius 3 is 2.06 bits per heavy atom. The van der Waals surface area contributed by atoms with Crippen LogP contribution < -0.4 is 4.74 Å². The minimum Gasteiger partial charge on any atom is -0.426 e. The van der Waals surface area contributed by atoms with Crippen LogP contribution in [0.15, 0.2) is 30.3 Å². The number of alkyl halides is 6. The van der Waals surface area contributed by atoms with Crippen molar-refractivity contribution in [2.45, 2.75) is 12.3 Å². The van der Waals surface area contributed by atoms with Gasteiger partial charge in [0.15, 0.2) is 0 Å². The van der Waals surface area contributed by atoms with E-state index in [2.05, 4.69) is 20.7 Å². The topological polar surface area (TPSA) is 9.23 Å². The van der Waals surface area contributed by atoms with Gasteiger partial charge in [-0.05, 0) is 17.7 Å². The number of hydrogen-bond acceptors (Lipinski definition) is 1. The van der Waals surface area contributed by atoms with Crippen molar-refractivity contribution in [3.63, 3.8) is 0 Å². The zero-order valence-electron chi connectivity index (χ0n) is 8.85. The van der Waals surface area contributed by atoms with Gasteiger partial charge in [-0.1, -0.05) is 40.2 Å². The lowest BCUT2D eigenvalue weighted by Gasteiger charge is -2.20. The van der Waals surface area contributed by atoms with Gasteiger partial charge in [-0.15, -0.1) is 0 Å². The molecular formula is C11H8BrF5O. The predicted molar refractivity (Wildman–Crippen MR) is 60.9 cm³/mol. The van der Waals surface area contributed by atoms with Crippen LogP contribution in [0.4, 0.5) is 22.0 Å². The van der Waals surface area contributed by atoms with E-state index < -0.39 is 18.0 Å². The van der Waals surface area contributed by atoms with Crippen LogP contribution in [0.1, 0.15) is 5.56 Å². The van der Waals surface area contributed by atoms with Crippen molar-refractivity contribution in [1.29, 1.82) is 0 Å². The summed E-state index contributed by atoms with van der Waals surface area (Å²) in [5, 5.41) is 0.609. The monoisotopic (exact) mass is 330 g/mol. The van der Waals surface area contributed by atoms with E-state index in [0.29, 0.717) is 10.9 Å². The van der Waals surface area contributed by atoms with Gasteiger partial charge in [-0.3, -0.25) is 0 Å². The molecule has 0 amide bonds. The average molecular weight is 331 g/mol. The van der Waals surface area contributed by atoms with Crippen molar-refractivity contribution >= 4 is 22.0 Å². The highest BCUT2D eigenvalue weighted by Gasteiger charge is 2.61. The van der Waals surface area contributed by atoms with E-state index in [-0.39, 0.29) is 0 Å². The lowest BCUT2D eigenvalue weighted by atomic mass is 10.2. The third kappa shape index (κ3) is 3.97. The van der Waals surface area contributed by atoms with Crippen LogP contribution in [0.2, 0.25) is 0 Å². The molecule has 0 unspecified atom stereocenters. The van der Waals surface area contributed by atoms with E-state index in [0.717, 1.165) is 12.1 Å². The van der Waals surface area contributed by atoms with Crippen molar-refractivity contribution in [2.75, 3.05) is 5.33 Å². The molecule has 7 heteroatoms. The van der Waals surface area contributed by atoms with Crippen molar-refractivity contribution in [1.82, 2.24) is 0 Å². The van der Waals surface area contributed by atoms with Crippen molar-refractivity contribution in [3.05, 3.63) is 35.9 Å². The quantitative estimate of drug-likeness (QED) is 0.577. The fourth-order valence-corrected chi connectivity index (χ4v) is 1.22. The number of hydrogen-bond donors (Lipinski definition) is 0. The molecule has 0 aliphatic carbocycles. The minimum atomic E-state index is -5.73. The lowest BCUT2D eigenvalue weighted by molar-refractivity contribution is -0.360. The van der Waals surface area contributed by atoms with Crippen molar-refractivity contribution in [2.24, 2.45) is 0 Å². The largest absolute Gasteiger partial charge is 0.499 e. The van der Waals surface area contributed by atoms with Gasteiger partial charge in [0.2, 0.25) is 0 Å². The van der Waals surface area contributed by atoms with E-state index in [9.17, 15) is 22.0 Å². The Balaban J connectivity index is 2.78. The van der Waals surface area contributed by atoms with Crippen LogP contribution in [0.25, 0.3) is 6.08 Å². The van der Waals surface area contributed by atoms with Crippen molar-refractivity contribution in [3.8, 4) is 5.75 Å². The molecule has 0 heterocycles. The van der Waals surface area contributed by atoms with Crippen molar-refractivity contribution < 1.29 is 26.7 Å². The third-order valence-electron chi connectivity index (χ3n) is 1.86.